The van der Waals surface area contributed by atoms with E-state index in [2.05, 4.69) is 22.8 Å². The van der Waals surface area contributed by atoms with Gasteiger partial charge in [0.1, 0.15) is 0 Å². The van der Waals surface area contributed by atoms with Crippen LogP contribution in [0.5, 0.6) is 0 Å². The van der Waals surface area contributed by atoms with Gasteiger partial charge in [0.15, 0.2) is 0 Å². The van der Waals surface area contributed by atoms with Gasteiger partial charge in [-0.1, -0.05) is 35.8 Å². The maximum absolute atomic E-state index is 5.94. The van der Waals surface area contributed by atoms with Crippen LogP contribution >= 0.6 is 35.8 Å². The average Bonchev–Trinajstić information content (AvgIpc) is 2.51. The molecule has 0 unspecified atom stereocenters. The van der Waals surface area contributed by atoms with Crippen molar-refractivity contribution in [3.8, 4) is 11.5 Å². The Kier molecular flexibility index (Phi) is 2.67. The molecule has 0 bridgehead atoms. The fraction of sp³-hybridized carbons (Fsp3) is 0. The number of aromatic nitrogens is 2. The lowest BCUT2D eigenvalue weighted by Gasteiger charge is -1.98. The summed E-state index contributed by atoms with van der Waals surface area (Å²) >= 11 is 15.6. The number of hydrogen-bond donors (Lipinski definition) is 1. The first-order valence-electron chi connectivity index (χ1n) is 3.65. The molecule has 0 amide bonds. The lowest BCUT2D eigenvalue weighted by Crippen LogP contribution is -1.79. The normalized spacial score (nSPS) is 10.5. The second kappa shape index (κ2) is 3.81. The van der Waals surface area contributed by atoms with Crippen molar-refractivity contribution in [1.29, 1.82) is 0 Å². The smallest absolute Gasteiger partial charge is 0.273 e. The standard InChI is InChI=1S/C8H4Cl2N2OS/c9-4-1-2-5(6(10)3-4)7-11-12-8(14)13-7/h1-3H,(H,12,14). The summed E-state index contributed by atoms with van der Waals surface area (Å²) in [6, 6.07) is 5.03. The summed E-state index contributed by atoms with van der Waals surface area (Å²) in [5, 5.41) is 8.60. The number of benzene rings is 1. The summed E-state index contributed by atoms with van der Waals surface area (Å²) in [6.45, 7) is 0. The van der Waals surface area contributed by atoms with Crippen molar-refractivity contribution in [2.45, 2.75) is 5.22 Å². The van der Waals surface area contributed by atoms with E-state index >= 15 is 0 Å². The van der Waals surface area contributed by atoms with Gasteiger partial charge in [-0.25, -0.2) is 0 Å². The van der Waals surface area contributed by atoms with Crippen LogP contribution in [-0.4, -0.2) is 10.2 Å². The lowest BCUT2D eigenvalue weighted by molar-refractivity contribution is 0.468. The van der Waals surface area contributed by atoms with Gasteiger partial charge in [0.05, 0.1) is 10.6 Å². The number of halogens is 2. The van der Waals surface area contributed by atoms with Gasteiger partial charge in [0, 0.05) is 5.02 Å². The van der Waals surface area contributed by atoms with Crippen LogP contribution < -0.4 is 0 Å². The summed E-state index contributed by atoms with van der Waals surface area (Å²) in [5.74, 6) is 0.330. The molecule has 0 aliphatic heterocycles. The molecule has 0 fully saturated rings. The average molecular weight is 247 g/mol. The molecule has 2 aromatic rings. The molecular weight excluding hydrogens is 243 g/mol. The third kappa shape index (κ3) is 1.87. The molecule has 1 aromatic carbocycles. The highest BCUT2D eigenvalue weighted by Crippen LogP contribution is 2.29. The minimum absolute atomic E-state index is 0.200. The van der Waals surface area contributed by atoms with Crippen LogP contribution in [0.2, 0.25) is 10.0 Å². The van der Waals surface area contributed by atoms with Gasteiger partial charge in [0.2, 0.25) is 5.89 Å². The summed E-state index contributed by atoms with van der Waals surface area (Å²) in [5.41, 5.74) is 0.642. The van der Waals surface area contributed by atoms with Gasteiger partial charge in [-0.05, 0) is 18.2 Å². The van der Waals surface area contributed by atoms with Crippen LogP contribution in [-0.2, 0) is 0 Å². The van der Waals surface area contributed by atoms with Gasteiger partial charge >= 0.3 is 0 Å². The van der Waals surface area contributed by atoms with Gasteiger partial charge < -0.3 is 4.42 Å². The first-order valence-corrected chi connectivity index (χ1v) is 4.85. The number of nitrogens with zero attached hydrogens (tertiary/aromatic N) is 2. The Hall–Kier alpha value is -0.710. The van der Waals surface area contributed by atoms with Crippen LogP contribution in [0.25, 0.3) is 11.5 Å². The predicted octanol–water partition coefficient (Wildman–Crippen LogP) is 3.33. The molecule has 0 saturated heterocycles. The maximum Gasteiger partial charge on any atom is 0.273 e. The minimum Gasteiger partial charge on any atom is -0.411 e. The third-order valence-electron chi connectivity index (χ3n) is 1.58. The van der Waals surface area contributed by atoms with Crippen LogP contribution in [0.15, 0.2) is 27.8 Å². The van der Waals surface area contributed by atoms with Crippen molar-refractivity contribution in [2.75, 3.05) is 0 Å². The summed E-state index contributed by atoms with van der Waals surface area (Å²) in [6.07, 6.45) is 0. The highest BCUT2D eigenvalue weighted by atomic mass is 35.5. The SMILES string of the molecule is Sc1nnc(-c2ccc(Cl)cc2Cl)o1. The second-order valence-electron chi connectivity index (χ2n) is 2.51. The van der Waals surface area contributed by atoms with Crippen molar-refractivity contribution in [3.63, 3.8) is 0 Å². The van der Waals surface area contributed by atoms with E-state index in [-0.39, 0.29) is 5.22 Å². The summed E-state index contributed by atoms with van der Waals surface area (Å²) < 4.78 is 5.10. The Balaban J connectivity index is 2.52. The van der Waals surface area contributed by atoms with Crippen molar-refractivity contribution in [3.05, 3.63) is 28.2 Å². The summed E-state index contributed by atoms with van der Waals surface area (Å²) in [7, 11) is 0. The molecule has 0 N–H and O–H groups in total. The first-order chi connectivity index (χ1) is 6.66. The fourth-order valence-corrected chi connectivity index (χ4v) is 1.61. The van der Waals surface area contributed by atoms with Crippen LogP contribution in [0.4, 0.5) is 0 Å². The lowest BCUT2D eigenvalue weighted by atomic mass is 10.2. The van der Waals surface area contributed by atoms with Gasteiger partial charge in [-0.2, -0.15) is 0 Å². The van der Waals surface area contributed by atoms with Crippen molar-refractivity contribution in [2.24, 2.45) is 0 Å². The fourth-order valence-electron chi connectivity index (χ4n) is 0.987. The molecular formula is C8H4Cl2N2OS. The molecule has 72 valence electrons. The topological polar surface area (TPSA) is 38.9 Å². The van der Waals surface area contributed by atoms with E-state index in [4.69, 9.17) is 27.6 Å². The zero-order chi connectivity index (χ0) is 10.1. The molecule has 0 aliphatic carbocycles. The Morgan fingerprint density at radius 2 is 2.00 bits per heavy atom. The molecule has 0 radical (unpaired) electrons. The van der Waals surface area contributed by atoms with Crippen molar-refractivity contribution < 1.29 is 4.42 Å². The summed E-state index contributed by atoms with van der Waals surface area (Å²) in [4.78, 5) is 0. The Morgan fingerprint density at radius 3 is 2.57 bits per heavy atom. The monoisotopic (exact) mass is 246 g/mol. The van der Waals surface area contributed by atoms with Crippen LogP contribution in [0, 0.1) is 0 Å². The number of thiol groups is 1. The van der Waals surface area contributed by atoms with E-state index in [0.717, 1.165) is 0 Å². The van der Waals surface area contributed by atoms with Gasteiger partial charge in [0.25, 0.3) is 5.22 Å². The number of hydrogen-bond acceptors (Lipinski definition) is 4. The number of rotatable bonds is 1. The molecule has 0 spiro atoms. The van der Waals surface area contributed by atoms with Crippen molar-refractivity contribution >= 4 is 35.8 Å². The quantitative estimate of drug-likeness (QED) is 0.785. The van der Waals surface area contributed by atoms with Crippen molar-refractivity contribution in [1.82, 2.24) is 10.2 Å². The Bertz CT molecular complexity index is 472. The molecule has 6 heteroatoms. The van der Waals surface area contributed by atoms with E-state index in [1.807, 2.05) is 0 Å². The predicted molar refractivity (Wildman–Crippen MR) is 57.0 cm³/mol. The third-order valence-corrected chi connectivity index (χ3v) is 2.30. The van der Waals surface area contributed by atoms with Gasteiger partial charge in [-0.15, -0.1) is 10.2 Å². The van der Waals surface area contributed by atoms with E-state index in [1.165, 1.54) is 0 Å². The molecule has 0 saturated carbocycles. The molecule has 0 aliphatic rings. The molecule has 1 heterocycles. The van der Waals surface area contributed by atoms with E-state index in [0.29, 0.717) is 21.5 Å². The molecule has 3 nitrogen and oxygen atoms in total. The minimum atomic E-state index is 0.200. The zero-order valence-electron chi connectivity index (χ0n) is 6.74. The molecule has 0 atom stereocenters. The largest absolute Gasteiger partial charge is 0.411 e. The van der Waals surface area contributed by atoms with E-state index in [9.17, 15) is 0 Å². The highest BCUT2D eigenvalue weighted by molar-refractivity contribution is 7.80. The molecule has 14 heavy (non-hydrogen) atoms. The highest BCUT2D eigenvalue weighted by Gasteiger charge is 2.10. The molecule has 1 aromatic heterocycles. The maximum atomic E-state index is 5.94. The second-order valence-corrected chi connectivity index (χ2v) is 3.74. The first kappa shape index (κ1) is 9.83. The van der Waals surface area contributed by atoms with Gasteiger partial charge in [-0.3, -0.25) is 0 Å². The Morgan fingerprint density at radius 1 is 1.21 bits per heavy atom. The van der Waals surface area contributed by atoms with E-state index in [1.54, 1.807) is 18.2 Å². The van der Waals surface area contributed by atoms with Crippen LogP contribution in [0.3, 0.4) is 0 Å². The Labute approximate surface area is 95.5 Å². The molecule has 2 rings (SSSR count). The zero-order valence-corrected chi connectivity index (χ0v) is 9.14. The van der Waals surface area contributed by atoms with E-state index < -0.39 is 0 Å². The van der Waals surface area contributed by atoms with Crippen LogP contribution in [0.1, 0.15) is 0 Å².